The molecule has 0 radical (unpaired) electrons. The summed E-state index contributed by atoms with van der Waals surface area (Å²) in [5.41, 5.74) is 1.16. The van der Waals surface area contributed by atoms with Gasteiger partial charge >= 0.3 is 0 Å². The van der Waals surface area contributed by atoms with E-state index in [1.165, 1.54) is 0 Å². The van der Waals surface area contributed by atoms with Crippen molar-refractivity contribution in [3.05, 3.63) is 53.9 Å². The summed E-state index contributed by atoms with van der Waals surface area (Å²) >= 11 is 0. The Morgan fingerprint density at radius 1 is 1.20 bits per heavy atom. The van der Waals surface area contributed by atoms with Gasteiger partial charge < -0.3 is 10.1 Å². The summed E-state index contributed by atoms with van der Waals surface area (Å²) < 4.78 is 5.63. The van der Waals surface area contributed by atoms with E-state index in [9.17, 15) is 0 Å². The average Bonchev–Trinajstić information content (AvgIpc) is 2.52. The first-order valence-corrected chi connectivity index (χ1v) is 6.72. The average molecular weight is 269 g/mol. The van der Waals surface area contributed by atoms with E-state index in [2.05, 4.69) is 27.4 Å². The molecule has 2 rings (SSSR count). The third kappa shape index (κ3) is 4.09. The molecule has 1 heterocycles. The van der Waals surface area contributed by atoms with E-state index in [-0.39, 0.29) is 0 Å². The topological polar surface area (TPSA) is 47.0 Å². The van der Waals surface area contributed by atoms with Gasteiger partial charge in [0.1, 0.15) is 18.2 Å². The van der Waals surface area contributed by atoms with E-state index in [4.69, 9.17) is 4.74 Å². The molecule has 4 nitrogen and oxygen atoms in total. The van der Waals surface area contributed by atoms with Gasteiger partial charge in [0.05, 0.1) is 0 Å². The van der Waals surface area contributed by atoms with Crippen molar-refractivity contribution in [2.24, 2.45) is 0 Å². The lowest BCUT2D eigenvalue weighted by atomic mass is 10.2. The normalized spacial score (nSPS) is 10.7. The maximum Gasteiger partial charge on any atom is 0.219 e. The van der Waals surface area contributed by atoms with Crippen molar-refractivity contribution in [1.29, 1.82) is 0 Å². The molecule has 0 amide bonds. The molecule has 1 aromatic carbocycles. The van der Waals surface area contributed by atoms with Gasteiger partial charge in [-0.05, 0) is 11.6 Å². The van der Waals surface area contributed by atoms with Gasteiger partial charge in [-0.2, -0.15) is 4.98 Å². The number of benzene rings is 1. The highest BCUT2D eigenvalue weighted by molar-refractivity contribution is 5.48. The number of aryl methyl sites for hydroxylation is 1. The summed E-state index contributed by atoms with van der Waals surface area (Å²) in [5.74, 6) is 2.15. The predicted molar refractivity (Wildman–Crippen MR) is 81.9 cm³/mol. The summed E-state index contributed by atoms with van der Waals surface area (Å²) in [5, 5.41) is 3.01. The lowest BCUT2D eigenvalue weighted by molar-refractivity contribution is 0.347. The zero-order valence-electron chi connectivity index (χ0n) is 11.8. The maximum absolute atomic E-state index is 5.63. The van der Waals surface area contributed by atoms with Crippen molar-refractivity contribution < 1.29 is 4.74 Å². The molecular formula is C16H19N3O. The molecule has 0 aliphatic carbocycles. The van der Waals surface area contributed by atoms with Gasteiger partial charge in [-0.25, -0.2) is 4.98 Å². The minimum atomic E-state index is 0.484. The van der Waals surface area contributed by atoms with E-state index in [0.717, 1.165) is 23.6 Å². The molecule has 0 aliphatic rings. The van der Waals surface area contributed by atoms with Crippen molar-refractivity contribution in [2.75, 3.05) is 19.0 Å². The number of anilines is 1. The Hall–Kier alpha value is -2.36. The Balaban J connectivity index is 1.95. The molecule has 104 valence electrons. The highest BCUT2D eigenvalue weighted by Gasteiger charge is 2.02. The van der Waals surface area contributed by atoms with Crippen LogP contribution in [0.5, 0.6) is 5.88 Å². The second kappa shape index (κ2) is 7.28. The van der Waals surface area contributed by atoms with Crippen molar-refractivity contribution in [3.8, 4) is 5.88 Å². The first kappa shape index (κ1) is 14.1. The van der Waals surface area contributed by atoms with E-state index in [0.29, 0.717) is 12.5 Å². The van der Waals surface area contributed by atoms with Crippen molar-refractivity contribution in [2.45, 2.75) is 13.3 Å². The monoisotopic (exact) mass is 269 g/mol. The number of nitrogens with one attached hydrogen (secondary N) is 1. The highest BCUT2D eigenvalue weighted by atomic mass is 16.5. The minimum absolute atomic E-state index is 0.484. The maximum atomic E-state index is 5.63. The summed E-state index contributed by atoms with van der Waals surface area (Å²) in [6.45, 7) is 2.51. The van der Waals surface area contributed by atoms with Gasteiger partial charge in [-0.1, -0.05) is 43.3 Å². The smallest absolute Gasteiger partial charge is 0.219 e. The Kier molecular flexibility index (Phi) is 5.12. The van der Waals surface area contributed by atoms with Crippen molar-refractivity contribution >= 4 is 11.9 Å². The van der Waals surface area contributed by atoms with E-state index in [1.807, 2.05) is 44.3 Å². The van der Waals surface area contributed by atoms with Crippen LogP contribution in [0.1, 0.15) is 18.3 Å². The third-order valence-corrected chi connectivity index (χ3v) is 2.76. The van der Waals surface area contributed by atoms with E-state index < -0.39 is 0 Å². The molecule has 0 saturated carbocycles. The summed E-state index contributed by atoms with van der Waals surface area (Å²) in [6.07, 6.45) is 4.79. The lowest BCUT2D eigenvalue weighted by Crippen LogP contribution is -2.03. The lowest BCUT2D eigenvalue weighted by Gasteiger charge is -2.06. The molecule has 0 saturated heterocycles. The summed E-state index contributed by atoms with van der Waals surface area (Å²) in [7, 11) is 1.83. The first-order chi connectivity index (χ1) is 9.81. The van der Waals surface area contributed by atoms with Crippen LogP contribution in [-0.2, 0) is 6.42 Å². The van der Waals surface area contributed by atoms with Crippen molar-refractivity contribution in [1.82, 2.24) is 9.97 Å². The number of rotatable bonds is 6. The van der Waals surface area contributed by atoms with Gasteiger partial charge in [0.2, 0.25) is 5.88 Å². The van der Waals surface area contributed by atoms with Crippen LogP contribution in [0, 0.1) is 0 Å². The standard InChI is InChI=1S/C16H19N3O/c1-3-14-18-15(17-2)12-16(19-14)20-11-7-10-13-8-5-4-6-9-13/h4-10,12H,3,11H2,1-2H3,(H,17,18,19)/b10-7+. The van der Waals surface area contributed by atoms with Crippen LogP contribution in [0.2, 0.25) is 0 Å². The molecule has 0 bridgehead atoms. The van der Waals surface area contributed by atoms with E-state index >= 15 is 0 Å². The van der Waals surface area contributed by atoms with Crippen LogP contribution in [0.3, 0.4) is 0 Å². The van der Waals surface area contributed by atoms with Gasteiger partial charge in [-0.3, -0.25) is 0 Å². The number of ether oxygens (including phenoxy) is 1. The predicted octanol–water partition coefficient (Wildman–Crippen LogP) is 3.17. The van der Waals surface area contributed by atoms with Crippen LogP contribution >= 0.6 is 0 Å². The highest BCUT2D eigenvalue weighted by Crippen LogP contribution is 2.13. The van der Waals surface area contributed by atoms with E-state index in [1.54, 1.807) is 6.07 Å². The summed E-state index contributed by atoms with van der Waals surface area (Å²) in [6, 6.07) is 11.9. The molecule has 4 heteroatoms. The number of nitrogens with zero attached hydrogens (tertiary/aromatic N) is 2. The SMILES string of the molecule is CCc1nc(NC)cc(OC/C=C/c2ccccc2)n1. The second-order valence-electron chi connectivity index (χ2n) is 4.24. The van der Waals surface area contributed by atoms with Crippen LogP contribution in [-0.4, -0.2) is 23.6 Å². The van der Waals surface area contributed by atoms with Gasteiger partial charge in [-0.15, -0.1) is 0 Å². The molecule has 0 fully saturated rings. The number of hydrogen-bond acceptors (Lipinski definition) is 4. The molecule has 1 aromatic heterocycles. The molecule has 0 aliphatic heterocycles. The number of aromatic nitrogens is 2. The molecule has 1 N–H and O–H groups in total. The van der Waals surface area contributed by atoms with Crippen LogP contribution in [0.15, 0.2) is 42.5 Å². The Morgan fingerprint density at radius 3 is 2.70 bits per heavy atom. The fraction of sp³-hybridized carbons (Fsp3) is 0.250. The molecule has 20 heavy (non-hydrogen) atoms. The largest absolute Gasteiger partial charge is 0.473 e. The number of hydrogen-bond donors (Lipinski definition) is 1. The summed E-state index contributed by atoms with van der Waals surface area (Å²) in [4.78, 5) is 8.66. The van der Waals surface area contributed by atoms with Gasteiger partial charge in [0, 0.05) is 19.5 Å². The molecular weight excluding hydrogens is 250 g/mol. The fourth-order valence-corrected chi connectivity index (χ4v) is 1.71. The third-order valence-electron chi connectivity index (χ3n) is 2.76. The van der Waals surface area contributed by atoms with Crippen LogP contribution in [0.25, 0.3) is 6.08 Å². The minimum Gasteiger partial charge on any atom is -0.473 e. The quantitative estimate of drug-likeness (QED) is 0.875. The first-order valence-electron chi connectivity index (χ1n) is 6.72. The molecule has 2 aromatic rings. The van der Waals surface area contributed by atoms with Crippen molar-refractivity contribution in [3.63, 3.8) is 0 Å². The van der Waals surface area contributed by atoms with Gasteiger partial charge in [0.25, 0.3) is 0 Å². The van der Waals surface area contributed by atoms with Gasteiger partial charge in [0.15, 0.2) is 0 Å². The molecule has 0 spiro atoms. The Labute approximate surface area is 119 Å². The van der Waals surface area contributed by atoms with Crippen LogP contribution < -0.4 is 10.1 Å². The molecule has 0 atom stereocenters. The Bertz CT molecular complexity index is 545. The van der Waals surface area contributed by atoms with Crippen LogP contribution in [0.4, 0.5) is 5.82 Å². The second-order valence-corrected chi connectivity index (χ2v) is 4.24. The zero-order valence-corrected chi connectivity index (χ0v) is 11.8. The fourth-order valence-electron chi connectivity index (χ4n) is 1.71. The zero-order chi connectivity index (χ0) is 14.2. The molecule has 0 unspecified atom stereocenters. The Morgan fingerprint density at radius 2 is 2.00 bits per heavy atom.